The molecule has 5 N–H and O–H groups in total. The molecule has 2 unspecified atom stereocenters. The number of aryl methyl sites for hydroxylation is 1. The second kappa shape index (κ2) is 7.71. The number of benzene rings is 1. The van der Waals surface area contributed by atoms with Crippen LogP contribution in [0.15, 0.2) is 24.3 Å². The van der Waals surface area contributed by atoms with E-state index < -0.39 is 52.2 Å². The van der Waals surface area contributed by atoms with Crippen LogP contribution in [0.25, 0.3) is 0 Å². The molecule has 8 heteroatoms. The highest BCUT2D eigenvalue weighted by molar-refractivity contribution is 5.90. The van der Waals surface area contributed by atoms with Crippen molar-refractivity contribution in [2.75, 3.05) is 0 Å². The Kier molecular flexibility index (Phi) is 5.47. The summed E-state index contributed by atoms with van der Waals surface area (Å²) in [4.78, 5) is 13.1. The maximum Gasteiger partial charge on any atom is 0.340 e. The van der Waals surface area contributed by atoms with E-state index in [-0.39, 0.29) is 5.56 Å². The molecule has 2 spiro atoms. The number of aliphatic hydroxyl groups excluding tert-OH is 2. The van der Waals surface area contributed by atoms with E-state index >= 15 is 4.39 Å². The van der Waals surface area contributed by atoms with Crippen LogP contribution in [0.4, 0.5) is 4.39 Å². The number of ether oxygens (including phenoxy) is 1. The van der Waals surface area contributed by atoms with Crippen molar-refractivity contribution in [3.8, 4) is 0 Å². The summed E-state index contributed by atoms with van der Waals surface area (Å²) in [6.45, 7) is 1.76. The Morgan fingerprint density at radius 2 is 1.56 bits per heavy atom. The molecule has 1 aromatic rings. The second-order valence-electron chi connectivity index (χ2n) is 11.1. The zero-order chi connectivity index (χ0) is 24.6. The van der Waals surface area contributed by atoms with Gasteiger partial charge in [-0.25, -0.2) is 9.18 Å². The molecule has 0 aliphatic heterocycles. The minimum absolute atomic E-state index is 0.0396. The van der Waals surface area contributed by atoms with Crippen molar-refractivity contribution in [3.63, 3.8) is 0 Å². The number of hydrogen-bond acceptors (Lipinski definition) is 7. The summed E-state index contributed by atoms with van der Waals surface area (Å²) in [7, 11) is 0. The van der Waals surface area contributed by atoms with Crippen LogP contribution in [0.2, 0.25) is 0 Å². The van der Waals surface area contributed by atoms with Gasteiger partial charge in [0.15, 0.2) is 11.8 Å². The van der Waals surface area contributed by atoms with Gasteiger partial charge in [-0.15, -0.1) is 0 Å². The van der Waals surface area contributed by atoms with Gasteiger partial charge in [-0.2, -0.15) is 0 Å². The Bertz CT molecular complexity index is 972. The lowest BCUT2D eigenvalue weighted by molar-refractivity contribution is -0.304. The van der Waals surface area contributed by atoms with Crippen molar-refractivity contribution in [2.45, 2.75) is 107 Å². The lowest BCUT2D eigenvalue weighted by Crippen LogP contribution is -2.64. The first-order valence-electron chi connectivity index (χ1n) is 12.5. The fourth-order valence-corrected chi connectivity index (χ4v) is 7.36. The largest absolute Gasteiger partial charge is 0.423 e. The summed E-state index contributed by atoms with van der Waals surface area (Å²) in [5, 5.41) is 56.5. The van der Waals surface area contributed by atoms with Gasteiger partial charge in [0, 0.05) is 10.8 Å². The molecule has 1 aromatic carbocycles. The number of carbonyl (C=O) groups is 1. The molecule has 0 saturated heterocycles. The molecule has 5 rings (SSSR count). The molecular weight excluding hydrogens is 443 g/mol. The molecular formula is C26H35FO7. The third kappa shape index (κ3) is 2.83. The smallest absolute Gasteiger partial charge is 0.340 e. The molecule has 34 heavy (non-hydrogen) atoms. The molecule has 0 bridgehead atoms. The van der Waals surface area contributed by atoms with Gasteiger partial charge >= 0.3 is 5.97 Å². The van der Waals surface area contributed by atoms with E-state index in [0.717, 1.165) is 18.4 Å². The van der Waals surface area contributed by atoms with Crippen LogP contribution in [-0.4, -0.2) is 66.9 Å². The van der Waals surface area contributed by atoms with Crippen LogP contribution in [0.1, 0.15) is 80.1 Å². The molecule has 0 amide bonds. The SMILES string of the molecule is Cc1cccc(C(=O)O[C@](O)([C@H](F)[C@]2(O)C(O)C23CCCCC3)[C@]2(O)C(O)C23CCCCC3)c1. The van der Waals surface area contributed by atoms with Crippen LogP contribution in [0.3, 0.4) is 0 Å². The van der Waals surface area contributed by atoms with Gasteiger partial charge in [-0.05, 0) is 44.7 Å². The van der Waals surface area contributed by atoms with Crippen molar-refractivity contribution >= 4 is 5.97 Å². The lowest BCUT2D eigenvalue weighted by Gasteiger charge is -2.41. The van der Waals surface area contributed by atoms with E-state index in [1.807, 2.05) is 0 Å². The molecule has 6 atom stereocenters. The predicted molar refractivity (Wildman–Crippen MR) is 119 cm³/mol. The summed E-state index contributed by atoms with van der Waals surface area (Å²) >= 11 is 0. The predicted octanol–water partition coefficient (Wildman–Crippen LogP) is 2.29. The van der Waals surface area contributed by atoms with Crippen LogP contribution in [-0.2, 0) is 4.74 Å². The van der Waals surface area contributed by atoms with Crippen molar-refractivity contribution in [1.29, 1.82) is 0 Å². The van der Waals surface area contributed by atoms with Gasteiger partial charge in [0.05, 0.1) is 17.8 Å². The highest BCUT2D eigenvalue weighted by Crippen LogP contribution is 2.73. The third-order valence-electron chi connectivity index (χ3n) is 9.52. The number of aliphatic hydroxyl groups is 5. The fourth-order valence-electron chi connectivity index (χ4n) is 7.36. The zero-order valence-electron chi connectivity index (χ0n) is 19.5. The number of alkyl halides is 1. The molecule has 188 valence electrons. The summed E-state index contributed by atoms with van der Waals surface area (Å²) in [5.41, 5.74) is -6.55. The summed E-state index contributed by atoms with van der Waals surface area (Å²) in [5.74, 6) is -4.33. The van der Waals surface area contributed by atoms with Crippen molar-refractivity contribution in [3.05, 3.63) is 35.4 Å². The molecule has 4 aliphatic carbocycles. The Morgan fingerprint density at radius 3 is 2.12 bits per heavy atom. The zero-order valence-corrected chi connectivity index (χ0v) is 19.5. The van der Waals surface area contributed by atoms with E-state index in [4.69, 9.17) is 4.74 Å². The average molecular weight is 479 g/mol. The Hall–Kier alpha value is -1.58. The Balaban J connectivity index is 1.55. The number of esters is 1. The minimum Gasteiger partial charge on any atom is -0.423 e. The quantitative estimate of drug-likeness (QED) is 0.325. The third-order valence-corrected chi connectivity index (χ3v) is 9.52. The van der Waals surface area contributed by atoms with E-state index in [2.05, 4.69) is 0 Å². The van der Waals surface area contributed by atoms with Crippen LogP contribution in [0, 0.1) is 17.8 Å². The Morgan fingerprint density at radius 1 is 1.00 bits per heavy atom. The summed E-state index contributed by atoms with van der Waals surface area (Å²) < 4.78 is 21.9. The van der Waals surface area contributed by atoms with Crippen LogP contribution >= 0.6 is 0 Å². The maximum atomic E-state index is 16.5. The molecule has 0 aromatic heterocycles. The van der Waals surface area contributed by atoms with E-state index in [0.29, 0.717) is 51.4 Å². The number of rotatable bonds is 5. The number of halogens is 1. The summed E-state index contributed by atoms with van der Waals surface area (Å²) in [6, 6.07) is 6.31. The highest BCUT2D eigenvalue weighted by Gasteiger charge is 2.92. The molecule has 4 aliphatic rings. The highest BCUT2D eigenvalue weighted by atomic mass is 19.1. The first-order valence-corrected chi connectivity index (χ1v) is 12.5. The molecule has 4 saturated carbocycles. The second-order valence-corrected chi connectivity index (χ2v) is 11.1. The molecule has 4 fully saturated rings. The standard InChI is InChI=1S/C26H35FO7/c1-16-9-8-10-17(15-16)18(28)34-26(33,25(32)21(30)23(25)13-6-3-7-14-23)19(27)24(31)20(29)22(24)11-4-2-5-12-22/h8-10,15,19-21,29-33H,2-7,11-14H2,1H3/t19-,20?,21?,24+,25+,26-/m1/s1. The molecule has 0 radical (unpaired) electrons. The van der Waals surface area contributed by atoms with Gasteiger partial charge in [0.25, 0.3) is 5.79 Å². The fraction of sp³-hybridized carbons (Fsp3) is 0.731. The van der Waals surface area contributed by atoms with Gasteiger partial charge in [-0.1, -0.05) is 56.2 Å². The van der Waals surface area contributed by atoms with Crippen molar-refractivity contribution < 1.29 is 39.5 Å². The lowest BCUT2D eigenvalue weighted by atomic mass is 9.77. The average Bonchev–Trinajstić information content (AvgIpc) is 3.51. The van der Waals surface area contributed by atoms with Crippen LogP contribution < -0.4 is 0 Å². The van der Waals surface area contributed by atoms with Gasteiger partial charge in [0.2, 0.25) is 0 Å². The van der Waals surface area contributed by atoms with E-state index in [9.17, 15) is 30.3 Å². The number of carbonyl (C=O) groups excluding carboxylic acids is 1. The first-order chi connectivity index (χ1) is 16.0. The molecule has 7 nitrogen and oxygen atoms in total. The maximum absolute atomic E-state index is 16.5. The molecule has 0 heterocycles. The topological polar surface area (TPSA) is 127 Å². The summed E-state index contributed by atoms with van der Waals surface area (Å²) in [6.07, 6.45) is 0.107. The Labute approximate surface area is 198 Å². The van der Waals surface area contributed by atoms with Crippen LogP contribution in [0.5, 0.6) is 0 Å². The number of hydrogen-bond donors (Lipinski definition) is 5. The van der Waals surface area contributed by atoms with Gasteiger partial charge in [0.1, 0.15) is 5.60 Å². The first kappa shape index (κ1) is 24.1. The van der Waals surface area contributed by atoms with E-state index in [1.54, 1.807) is 19.1 Å². The van der Waals surface area contributed by atoms with Crippen molar-refractivity contribution in [2.24, 2.45) is 10.8 Å². The van der Waals surface area contributed by atoms with Gasteiger partial charge < -0.3 is 30.3 Å². The monoisotopic (exact) mass is 478 g/mol. The normalized spacial score (nSPS) is 38.2. The van der Waals surface area contributed by atoms with E-state index in [1.165, 1.54) is 12.1 Å². The van der Waals surface area contributed by atoms with Crippen molar-refractivity contribution in [1.82, 2.24) is 0 Å². The van der Waals surface area contributed by atoms with Gasteiger partial charge in [-0.3, -0.25) is 0 Å². The minimum atomic E-state index is -3.25.